The Morgan fingerprint density at radius 2 is 1.71 bits per heavy atom. The first-order valence-corrected chi connectivity index (χ1v) is 9.13. The van der Waals surface area contributed by atoms with Gasteiger partial charge >= 0.3 is 16.4 Å². The fourth-order valence-corrected chi connectivity index (χ4v) is 4.71. The van der Waals surface area contributed by atoms with E-state index in [1.807, 2.05) is 0 Å². The SMILES string of the molecule is O=S(=O)(F)c1ccc(N=S2(=O)CCCC2)c(C(F)(F)F)c1. The van der Waals surface area contributed by atoms with Gasteiger partial charge in [-0.05, 0) is 31.0 Å². The molecule has 1 heterocycles. The molecule has 1 aromatic carbocycles. The molecule has 0 unspecified atom stereocenters. The summed E-state index contributed by atoms with van der Waals surface area (Å²) >= 11 is 0. The number of halogens is 4. The van der Waals surface area contributed by atoms with Crippen molar-refractivity contribution in [1.82, 2.24) is 0 Å². The fourth-order valence-electron chi connectivity index (χ4n) is 2.00. The highest BCUT2D eigenvalue weighted by Gasteiger charge is 2.35. The van der Waals surface area contributed by atoms with Crippen molar-refractivity contribution in [3.8, 4) is 0 Å². The lowest BCUT2D eigenvalue weighted by Crippen LogP contribution is -2.08. The first-order valence-electron chi connectivity index (χ1n) is 5.90. The first-order chi connectivity index (χ1) is 9.51. The third kappa shape index (κ3) is 3.73. The van der Waals surface area contributed by atoms with Gasteiger partial charge in [0, 0.05) is 11.5 Å². The summed E-state index contributed by atoms with van der Waals surface area (Å²) in [6, 6.07) is 1.59. The second-order valence-corrected chi connectivity index (χ2v) is 8.49. The van der Waals surface area contributed by atoms with Gasteiger partial charge in [0.15, 0.2) is 0 Å². The summed E-state index contributed by atoms with van der Waals surface area (Å²) < 4.78 is 88.9. The molecule has 0 atom stereocenters. The van der Waals surface area contributed by atoms with E-state index < -0.39 is 42.3 Å². The number of alkyl halides is 3. The third-order valence-corrected chi connectivity index (χ3v) is 6.20. The quantitative estimate of drug-likeness (QED) is 0.610. The van der Waals surface area contributed by atoms with E-state index >= 15 is 0 Å². The maximum absolute atomic E-state index is 12.9. The largest absolute Gasteiger partial charge is 0.418 e. The van der Waals surface area contributed by atoms with Crippen molar-refractivity contribution in [2.75, 3.05) is 11.5 Å². The maximum atomic E-state index is 12.9. The molecule has 4 nitrogen and oxygen atoms in total. The van der Waals surface area contributed by atoms with Crippen LogP contribution in [0, 0.1) is 0 Å². The van der Waals surface area contributed by atoms with E-state index in [2.05, 4.69) is 4.36 Å². The van der Waals surface area contributed by atoms with E-state index in [0.29, 0.717) is 18.9 Å². The summed E-state index contributed by atoms with van der Waals surface area (Å²) in [6.45, 7) is 0. The molecule has 1 aromatic rings. The molecular formula is C11H11F4NO3S2. The summed E-state index contributed by atoms with van der Waals surface area (Å²) in [4.78, 5) is -1.10. The highest BCUT2D eigenvalue weighted by Crippen LogP contribution is 2.39. The van der Waals surface area contributed by atoms with Crippen LogP contribution in [0.3, 0.4) is 0 Å². The summed E-state index contributed by atoms with van der Waals surface area (Å²) in [7, 11) is -8.01. The van der Waals surface area contributed by atoms with Crippen LogP contribution in [0.5, 0.6) is 0 Å². The molecule has 0 saturated carbocycles. The van der Waals surface area contributed by atoms with Crippen molar-refractivity contribution in [3.63, 3.8) is 0 Å². The van der Waals surface area contributed by atoms with Crippen molar-refractivity contribution >= 4 is 25.6 Å². The molecule has 2 rings (SSSR count). The van der Waals surface area contributed by atoms with Crippen molar-refractivity contribution < 1.29 is 29.7 Å². The minimum atomic E-state index is -5.26. The Labute approximate surface area is 119 Å². The summed E-state index contributed by atoms with van der Waals surface area (Å²) in [5.74, 6) is 0.404. The van der Waals surface area contributed by atoms with E-state index in [1.54, 1.807) is 0 Å². The van der Waals surface area contributed by atoms with Gasteiger partial charge < -0.3 is 0 Å². The molecule has 10 heteroatoms. The average molecular weight is 345 g/mol. The Morgan fingerprint density at radius 3 is 2.19 bits per heavy atom. The van der Waals surface area contributed by atoms with Crippen LogP contribution < -0.4 is 0 Å². The van der Waals surface area contributed by atoms with Gasteiger partial charge in [0.25, 0.3) is 0 Å². The number of nitrogens with zero attached hydrogens (tertiary/aromatic N) is 1. The van der Waals surface area contributed by atoms with Crippen LogP contribution in [0.25, 0.3) is 0 Å². The predicted octanol–water partition coefficient (Wildman–Crippen LogP) is 3.26. The number of hydrogen-bond donors (Lipinski definition) is 0. The van der Waals surface area contributed by atoms with Crippen LogP contribution in [0.15, 0.2) is 27.5 Å². The van der Waals surface area contributed by atoms with E-state index in [1.165, 1.54) is 0 Å². The Hall–Kier alpha value is -1.16. The molecule has 0 radical (unpaired) electrons. The molecule has 1 aliphatic rings. The zero-order valence-electron chi connectivity index (χ0n) is 10.6. The topological polar surface area (TPSA) is 63.6 Å². The Balaban J connectivity index is 2.65. The van der Waals surface area contributed by atoms with Crippen LogP contribution in [-0.2, 0) is 26.1 Å². The molecule has 0 N–H and O–H groups in total. The molecule has 21 heavy (non-hydrogen) atoms. The second-order valence-electron chi connectivity index (χ2n) is 4.59. The van der Waals surface area contributed by atoms with Crippen LogP contribution in [0.2, 0.25) is 0 Å². The summed E-state index contributed by atoms with van der Waals surface area (Å²) in [6.07, 6.45) is -3.70. The molecule has 0 aromatic heterocycles. The van der Waals surface area contributed by atoms with Gasteiger partial charge in [-0.15, -0.1) is 3.89 Å². The molecule has 0 aliphatic carbocycles. The number of hydrogen-bond acceptors (Lipinski definition) is 4. The monoisotopic (exact) mass is 345 g/mol. The molecule has 1 fully saturated rings. The molecule has 1 saturated heterocycles. The predicted molar refractivity (Wildman–Crippen MR) is 68.9 cm³/mol. The molecule has 0 bridgehead atoms. The Bertz CT molecular complexity index is 765. The molecular weight excluding hydrogens is 334 g/mol. The van der Waals surface area contributed by atoms with Crippen molar-refractivity contribution in [2.24, 2.45) is 4.36 Å². The van der Waals surface area contributed by atoms with Gasteiger partial charge in [0.2, 0.25) is 0 Å². The van der Waals surface area contributed by atoms with Gasteiger partial charge in [0.1, 0.15) is 0 Å². The van der Waals surface area contributed by atoms with Gasteiger partial charge in [-0.1, -0.05) is 0 Å². The first kappa shape index (κ1) is 16.2. The highest BCUT2D eigenvalue weighted by atomic mass is 32.3. The normalized spacial score (nSPS) is 18.7. The number of rotatable bonds is 2. The van der Waals surface area contributed by atoms with Crippen molar-refractivity contribution in [2.45, 2.75) is 23.9 Å². The van der Waals surface area contributed by atoms with Crippen LogP contribution in [0.4, 0.5) is 22.7 Å². The Morgan fingerprint density at radius 1 is 1.14 bits per heavy atom. The van der Waals surface area contributed by atoms with E-state index in [-0.39, 0.29) is 17.6 Å². The minimum Gasteiger partial charge on any atom is -0.249 e. The zero-order chi connectivity index (χ0) is 15.9. The van der Waals surface area contributed by atoms with Gasteiger partial charge in [-0.25, -0.2) is 4.21 Å². The molecule has 118 valence electrons. The van der Waals surface area contributed by atoms with Crippen molar-refractivity contribution in [3.05, 3.63) is 23.8 Å². The van der Waals surface area contributed by atoms with E-state index in [9.17, 15) is 29.7 Å². The third-order valence-electron chi connectivity index (χ3n) is 3.00. The highest BCUT2D eigenvalue weighted by molar-refractivity contribution is 7.93. The lowest BCUT2D eigenvalue weighted by atomic mass is 10.2. The Kier molecular flexibility index (Phi) is 4.04. The summed E-state index contributed by atoms with van der Waals surface area (Å²) in [5.41, 5.74) is -2.03. The standard InChI is InChI=1S/C11H11F4NO3S2/c12-11(13,14)9-7-8(21(15,18)19)3-4-10(9)16-20(17)5-1-2-6-20/h3-4,7H,1-2,5-6H2. The molecule has 1 aliphatic heterocycles. The van der Waals surface area contributed by atoms with Gasteiger partial charge in [-0.2, -0.15) is 26.0 Å². The van der Waals surface area contributed by atoms with Crippen LogP contribution in [0.1, 0.15) is 18.4 Å². The summed E-state index contributed by atoms with van der Waals surface area (Å²) in [5, 5.41) is 0. The smallest absolute Gasteiger partial charge is 0.249 e. The fraction of sp³-hybridized carbons (Fsp3) is 0.455. The van der Waals surface area contributed by atoms with Crippen LogP contribution in [-0.4, -0.2) is 24.1 Å². The lowest BCUT2D eigenvalue weighted by molar-refractivity contribution is -0.137. The molecule has 0 amide bonds. The number of benzene rings is 1. The van der Waals surface area contributed by atoms with Crippen molar-refractivity contribution in [1.29, 1.82) is 0 Å². The van der Waals surface area contributed by atoms with Gasteiger partial charge in [-0.3, -0.25) is 0 Å². The van der Waals surface area contributed by atoms with E-state index in [0.717, 1.165) is 6.07 Å². The lowest BCUT2D eigenvalue weighted by Gasteiger charge is -2.11. The maximum Gasteiger partial charge on any atom is 0.418 e. The molecule has 0 spiro atoms. The van der Waals surface area contributed by atoms with Gasteiger partial charge in [0.05, 0.1) is 25.9 Å². The zero-order valence-corrected chi connectivity index (χ0v) is 12.2. The minimum absolute atomic E-state index is 0.173. The average Bonchev–Trinajstić information content (AvgIpc) is 2.73. The van der Waals surface area contributed by atoms with E-state index in [4.69, 9.17) is 0 Å². The van der Waals surface area contributed by atoms with Crippen LogP contribution >= 0.6 is 0 Å². The second kappa shape index (κ2) is 5.24.